The van der Waals surface area contributed by atoms with Gasteiger partial charge in [-0.15, -0.1) is 0 Å². The molecule has 8 nitrogen and oxygen atoms in total. The number of halogens is 1. The average molecular weight is 417 g/mol. The quantitative estimate of drug-likeness (QED) is 0.622. The van der Waals surface area contributed by atoms with Crippen molar-refractivity contribution in [2.75, 3.05) is 17.2 Å². The van der Waals surface area contributed by atoms with E-state index in [4.69, 9.17) is 0 Å². The molecule has 150 valence electrons. The maximum atomic E-state index is 12.9. The first-order valence-electron chi connectivity index (χ1n) is 8.48. The minimum absolute atomic E-state index is 0.0334. The maximum Gasteiger partial charge on any atom is 0.289 e. The van der Waals surface area contributed by atoms with Gasteiger partial charge in [-0.25, -0.2) is 4.39 Å². The summed E-state index contributed by atoms with van der Waals surface area (Å²) in [6.07, 6.45) is -0.261. The molecule has 1 unspecified atom stereocenters. The third-order valence-electron chi connectivity index (χ3n) is 3.96. The number of nitrogens with zero attached hydrogens (tertiary/aromatic N) is 1. The van der Waals surface area contributed by atoms with E-state index in [0.717, 1.165) is 4.90 Å². The van der Waals surface area contributed by atoms with Crippen LogP contribution in [-0.4, -0.2) is 44.8 Å². The van der Waals surface area contributed by atoms with Crippen molar-refractivity contribution in [3.8, 4) is 5.75 Å². The molecule has 2 aromatic carbocycles. The molecule has 0 aliphatic carbocycles. The van der Waals surface area contributed by atoms with Gasteiger partial charge in [0.1, 0.15) is 23.4 Å². The Bertz CT molecular complexity index is 949. The van der Waals surface area contributed by atoms with E-state index in [1.54, 1.807) is 0 Å². The standard InChI is InChI=1S/C19H16FN3O5S/c20-11-1-3-12(4-2-11)21-16(25)9-15-18(27)23(19(28)29-15)10-17(26)22-13-5-7-14(24)8-6-13/h1-8,15,24H,9-10H2,(H,21,25)(H,22,26). The van der Waals surface area contributed by atoms with Crippen molar-refractivity contribution in [3.63, 3.8) is 0 Å². The summed E-state index contributed by atoms with van der Waals surface area (Å²) in [7, 11) is 0. The van der Waals surface area contributed by atoms with Crippen LogP contribution < -0.4 is 10.6 Å². The molecule has 10 heteroatoms. The number of aromatic hydroxyl groups is 1. The first-order valence-corrected chi connectivity index (χ1v) is 9.36. The summed E-state index contributed by atoms with van der Waals surface area (Å²) in [6.45, 7) is -0.484. The van der Waals surface area contributed by atoms with Gasteiger partial charge in [0, 0.05) is 17.8 Å². The van der Waals surface area contributed by atoms with E-state index in [1.165, 1.54) is 48.5 Å². The molecule has 2 aromatic rings. The number of carbonyl (C=O) groups is 4. The number of amides is 4. The van der Waals surface area contributed by atoms with Gasteiger partial charge >= 0.3 is 0 Å². The molecule has 1 atom stereocenters. The van der Waals surface area contributed by atoms with E-state index < -0.39 is 40.6 Å². The minimum atomic E-state index is -0.940. The van der Waals surface area contributed by atoms with E-state index in [2.05, 4.69) is 10.6 Å². The first kappa shape index (κ1) is 20.3. The Kier molecular flexibility index (Phi) is 6.13. The van der Waals surface area contributed by atoms with Gasteiger partial charge in [-0.3, -0.25) is 24.1 Å². The highest BCUT2D eigenvalue weighted by Gasteiger charge is 2.41. The fourth-order valence-corrected chi connectivity index (χ4v) is 3.56. The fourth-order valence-electron chi connectivity index (χ4n) is 2.57. The van der Waals surface area contributed by atoms with E-state index in [-0.39, 0.29) is 12.2 Å². The van der Waals surface area contributed by atoms with Crippen LogP contribution in [0, 0.1) is 5.82 Å². The minimum Gasteiger partial charge on any atom is -0.508 e. The first-order chi connectivity index (χ1) is 13.8. The third kappa shape index (κ3) is 5.32. The maximum absolute atomic E-state index is 12.9. The summed E-state index contributed by atoms with van der Waals surface area (Å²) >= 11 is 0.677. The Morgan fingerprint density at radius 3 is 2.14 bits per heavy atom. The lowest BCUT2D eigenvalue weighted by Crippen LogP contribution is -2.38. The molecule has 3 rings (SSSR count). The van der Waals surface area contributed by atoms with Gasteiger partial charge in [0.15, 0.2) is 0 Å². The molecule has 1 fully saturated rings. The predicted octanol–water partition coefficient (Wildman–Crippen LogP) is 2.56. The lowest BCUT2D eigenvalue weighted by molar-refractivity contribution is -0.131. The molecular formula is C19H16FN3O5S. The number of nitrogens with one attached hydrogen (secondary N) is 2. The number of hydrogen-bond donors (Lipinski definition) is 3. The Labute approximate surface area is 169 Å². The molecule has 0 bridgehead atoms. The van der Waals surface area contributed by atoms with Crippen LogP contribution in [-0.2, 0) is 14.4 Å². The fraction of sp³-hybridized carbons (Fsp3) is 0.158. The Morgan fingerprint density at radius 1 is 0.966 bits per heavy atom. The second-order valence-electron chi connectivity index (χ2n) is 6.15. The molecule has 29 heavy (non-hydrogen) atoms. The summed E-state index contributed by atoms with van der Waals surface area (Å²) in [5.74, 6) is -2.14. The number of imide groups is 1. The molecule has 1 aliphatic heterocycles. The van der Waals surface area contributed by atoms with Crippen molar-refractivity contribution in [3.05, 3.63) is 54.3 Å². The Morgan fingerprint density at radius 2 is 1.52 bits per heavy atom. The van der Waals surface area contributed by atoms with E-state index in [1.807, 2.05) is 0 Å². The molecule has 1 aliphatic rings. The molecule has 1 saturated heterocycles. The summed E-state index contributed by atoms with van der Waals surface area (Å²) in [5.41, 5.74) is 0.762. The largest absolute Gasteiger partial charge is 0.508 e. The van der Waals surface area contributed by atoms with Crippen molar-refractivity contribution < 1.29 is 28.7 Å². The van der Waals surface area contributed by atoms with Gasteiger partial charge < -0.3 is 15.7 Å². The van der Waals surface area contributed by atoms with Crippen LogP contribution >= 0.6 is 11.8 Å². The van der Waals surface area contributed by atoms with Gasteiger partial charge in [-0.2, -0.15) is 0 Å². The van der Waals surface area contributed by atoms with Gasteiger partial charge in [0.25, 0.3) is 5.24 Å². The lowest BCUT2D eigenvalue weighted by atomic mass is 10.2. The van der Waals surface area contributed by atoms with Crippen LogP contribution in [0.1, 0.15) is 6.42 Å². The Hall–Kier alpha value is -3.40. The zero-order valence-corrected chi connectivity index (χ0v) is 15.7. The van der Waals surface area contributed by atoms with Crippen molar-refractivity contribution >= 4 is 46.1 Å². The third-order valence-corrected chi connectivity index (χ3v) is 5.03. The van der Waals surface area contributed by atoms with Crippen LogP contribution in [0.4, 0.5) is 20.6 Å². The molecular weight excluding hydrogens is 401 g/mol. The van der Waals surface area contributed by atoms with E-state index in [9.17, 15) is 28.7 Å². The summed E-state index contributed by atoms with van der Waals surface area (Å²) in [5, 5.41) is 12.7. The van der Waals surface area contributed by atoms with E-state index >= 15 is 0 Å². The van der Waals surface area contributed by atoms with Crippen LogP contribution in [0.2, 0.25) is 0 Å². The van der Waals surface area contributed by atoms with Crippen LogP contribution in [0.3, 0.4) is 0 Å². The number of thioether (sulfide) groups is 1. The highest BCUT2D eigenvalue weighted by Crippen LogP contribution is 2.29. The van der Waals surface area contributed by atoms with Gasteiger partial charge in [-0.05, 0) is 48.5 Å². The smallest absolute Gasteiger partial charge is 0.289 e. The summed E-state index contributed by atoms with van der Waals surface area (Å²) in [4.78, 5) is 49.5. The second-order valence-corrected chi connectivity index (χ2v) is 7.31. The lowest BCUT2D eigenvalue weighted by Gasteiger charge is -2.14. The number of rotatable bonds is 6. The van der Waals surface area contributed by atoms with Crippen LogP contribution in [0.5, 0.6) is 5.75 Å². The van der Waals surface area contributed by atoms with Crippen molar-refractivity contribution in [2.24, 2.45) is 0 Å². The van der Waals surface area contributed by atoms with Crippen molar-refractivity contribution in [1.29, 1.82) is 0 Å². The average Bonchev–Trinajstić information content (AvgIpc) is 2.93. The number of carbonyl (C=O) groups excluding carboxylic acids is 4. The van der Waals surface area contributed by atoms with E-state index in [0.29, 0.717) is 23.1 Å². The topological polar surface area (TPSA) is 116 Å². The number of hydrogen-bond acceptors (Lipinski definition) is 6. The predicted molar refractivity (Wildman–Crippen MR) is 105 cm³/mol. The Balaban J connectivity index is 1.54. The van der Waals surface area contributed by atoms with Crippen LogP contribution in [0.25, 0.3) is 0 Å². The van der Waals surface area contributed by atoms with Gasteiger partial charge in [0.2, 0.25) is 17.7 Å². The SMILES string of the molecule is O=C(CC1SC(=O)N(CC(=O)Nc2ccc(O)cc2)C1=O)Nc1ccc(F)cc1. The molecule has 0 radical (unpaired) electrons. The zero-order valence-electron chi connectivity index (χ0n) is 14.9. The number of benzene rings is 2. The summed E-state index contributed by atoms with van der Waals surface area (Å²) < 4.78 is 12.9. The summed E-state index contributed by atoms with van der Waals surface area (Å²) in [6, 6.07) is 10.8. The molecule has 0 aromatic heterocycles. The number of phenols is 1. The second kappa shape index (κ2) is 8.74. The van der Waals surface area contributed by atoms with Crippen molar-refractivity contribution in [2.45, 2.75) is 11.7 Å². The highest BCUT2D eigenvalue weighted by molar-refractivity contribution is 8.15. The zero-order chi connectivity index (χ0) is 21.0. The highest BCUT2D eigenvalue weighted by atomic mass is 32.2. The van der Waals surface area contributed by atoms with Gasteiger partial charge in [-0.1, -0.05) is 11.8 Å². The number of anilines is 2. The molecule has 1 heterocycles. The molecule has 0 spiro atoms. The normalized spacial score (nSPS) is 16.0. The van der Waals surface area contributed by atoms with Crippen LogP contribution in [0.15, 0.2) is 48.5 Å². The van der Waals surface area contributed by atoms with Gasteiger partial charge in [0.05, 0.1) is 0 Å². The monoisotopic (exact) mass is 417 g/mol. The number of phenolic OH excluding ortho intramolecular Hbond substituents is 1. The molecule has 3 N–H and O–H groups in total. The van der Waals surface area contributed by atoms with Crippen molar-refractivity contribution in [1.82, 2.24) is 4.90 Å². The molecule has 4 amide bonds. The molecule has 0 saturated carbocycles.